The first kappa shape index (κ1) is 30.8. The highest BCUT2D eigenvalue weighted by Gasteiger charge is 2.42. The van der Waals surface area contributed by atoms with Crippen LogP contribution in [0.5, 0.6) is 0 Å². The summed E-state index contributed by atoms with van der Waals surface area (Å²) in [6.07, 6.45) is 9.30. The van der Waals surface area contributed by atoms with Crippen molar-refractivity contribution in [1.29, 1.82) is 0 Å². The van der Waals surface area contributed by atoms with Gasteiger partial charge >= 0.3 is 0 Å². The van der Waals surface area contributed by atoms with E-state index in [1.807, 2.05) is 31.5 Å². The van der Waals surface area contributed by atoms with E-state index in [0.717, 1.165) is 48.8 Å². The third kappa shape index (κ3) is 9.45. The summed E-state index contributed by atoms with van der Waals surface area (Å²) in [5, 5.41) is 0. The molecule has 1 fully saturated rings. The molecule has 1 aliphatic heterocycles. The van der Waals surface area contributed by atoms with E-state index in [2.05, 4.69) is 45.3 Å². The predicted molar refractivity (Wildman–Crippen MR) is 151 cm³/mol. The smallest absolute Gasteiger partial charge is 0.255 e. The Kier molecular flexibility index (Phi) is 11.3. The average molecular weight is 620 g/mol. The second-order valence-corrected chi connectivity index (χ2v) is 20.1. The van der Waals surface area contributed by atoms with Gasteiger partial charge in [0, 0.05) is 38.7 Å². The molecule has 1 aliphatic rings. The van der Waals surface area contributed by atoms with E-state index in [-0.39, 0.29) is 10.8 Å². The zero-order chi connectivity index (χ0) is 27.1. The Bertz CT molecular complexity index is 942. The molecular weight excluding hydrogens is 576 g/mol. The molecule has 3 heterocycles. The molecule has 3 rings (SSSR count). The fourth-order valence-electron chi connectivity index (χ4n) is 3.99. The van der Waals surface area contributed by atoms with Crippen molar-refractivity contribution in [2.24, 2.45) is 0 Å². The number of oxazole rings is 1. The van der Waals surface area contributed by atoms with Crippen LogP contribution in [0.2, 0.25) is 25.7 Å². The minimum absolute atomic E-state index is 0.174. The fraction of sp³-hybridized carbons (Fsp3) is 0.760. The van der Waals surface area contributed by atoms with E-state index in [1.165, 1.54) is 0 Å². The van der Waals surface area contributed by atoms with Gasteiger partial charge in [-0.05, 0) is 55.6 Å². The van der Waals surface area contributed by atoms with E-state index in [4.69, 9.17) is 23.6 Å². The number of nitrogens with zero attached hydrogens (tertiary/aromatic N) is 3. The molecule has 1 saturated heterocycles. The Balaban J connectivity index is 1.61. The number of hydrogen-bond acceptors (Lipinski definition) is 8. The quantitative estimate of drug-likeness (QED) is 0.150. The number of imidazole rings is 1. The van der Waals surface area contributed by atoms with Crippen LogP contribution in [0, 0.1) is 0 Å². The number of aromatic nitrogens is 3. The third-order valence-corrected chi connectivity index (χ3v) is 9.83. The van der Waals surface area contributed by atoms with Gasteiger partial charge in [-0.25, -0.2) is 9.97 Å². The minimum atomic E-state index is -1.24. The first-order chi connectivity index (χ1) is 17.4. The Morgan fingerprint density at radius 1 is 1.24 bits per heavy atom. The first-order valence-electron chi connectivity index (χ1n) is 13.1. The molecule has 0 aromatic carbocycles. The van der Waals surface area contributed by atoms with Crippen molar-refractivity contribution in [3.8, 4) is 0 Å². The van der Waals surface area contributed by atoms with E-state index in [1.54, 1.807) is 12.5 Å². The topological polar surface area (TPSA) is 107 Å². The summed E-state index contributed by atoms with van der Waals surface area (Å²) in [5.74, 6) is 0.422. The lowest BCUT2D eigenvalue weighted by atomic mass is 10.0. The molecule has 2 atom stereocenters. The lowest BCUT2D eigenvalue weighted by Gasteiger charge is -2.28. The highest BCUT2D eigenvalue weighted by atomic mass is 79.9. The fourth-order valence-corrected chi connectivity index (χ4v) is 6.01. The predicted octanol–water partition coefficient (Wildman–Crippen LogP) is 5.89. The monoisotopic (exact) mass is 618 g/mol. The number of hydrogen-bond donors (Lipinski definition) is 1. The first-order valence-corrected chi connectivity index (χ1v) is 18.7. The van der Waals surface area contributed by atoms with E-state index in [9.17, 15) is 4.55 Å². The lowest BCUT2D eigenvalue weighted by molar-refractivity contribution is -0.187. The molecule has 1 unspecified atom stereocenters. The van der Waals surface area contributed by atoms with Crippen LogP contribution < -0.4 is 4.72 Å². The number of nitrogens with one attached hydrogen (secondary N) is 1. The Labute approximate surface area is 233 Å². The van der Waals surface area contributed by atoms with Crippen molar-refractivity contribution in [3.05, 3.63) is 35.0 Å². The standard InChI is InChI=1S/C25H43BrN4O5SSi/c1-24(2,3)36(31)29-20(22-28-21(26)18-30(22)19-32-16-17-37(4,5)6)10-8-7-9-11-25(34-14-15-35-25)23-27-12-13-33-23/h12-13,18,20,29H,7-11,14-17,19H2,1-6H3/t20-,36?/m0/s1. The van der Waals surface area contributed by atoms with Crippen molar-refractivity contribution in [2.45, 2.75) is 102 Å². The van der Waals surface area contributed by atoms with Crippen molar-refractivity contribution in [3.63, 3.8) is 0 Å². The zero-order valence-corrected chi connectivity index (χ0v) is 26.5. The maximum atomic E-state index is 13.0. The molecule has 2 aromatic heterocycles. The minimum Gasteiger partial charge on any atom is -0.598 e. The van der Waals surface area contributed by atoms with Gasteiger partial charge in [-0.3, -0.25) is 0 Å². The van der Waals surface area contributed by atoms with E-state index in [0.29, 0.717) is 32.3 Å². The molecule has 0 spiro atoms. The molecule has 0 saturated carbocycles. The number of rotatable bonds is 15. The number of halogens is 1. The Morgan fingerprint density at radius 2 is 1.97 bits per heavy atom. The third-order valence-electron chi connectivity index (χ3n) is 6.13. The SMILES string of the molecule is CC(C)(C)[S+]([O-])N[C@@H](CCCCCC1(c2ncco2)OCCO1)c1nc(Br)cn1COCC[Si](C)(C)C. The van der Waals surface area contributed by atoms with Crippen molar-refractivity contribution >= 4 is 35.4 Å². The average Bonchev–Trinajstić information content (AvgIpc) is 3.56. The van der Waals surface area contributed by atoms with Crippen LogP contribution in [0.25, 0.3) is 0 Å². The lowest BCUT2D eigenvalue weighted by Crippen LogP contribution is -2.42. The van der Waals surface area contributed by atoms with Crippen LogP contribution in [0.3, 0.4) is 0 Å². The van der Waals surface area contributed by atoms with Gasteiger partial charge in [-0.1, -0.05) is 32.5 Å². The molecule has 12 heteroatoms. The molecule has 0 bridgehead atoms. The number of ether oxygens (including phenoxy) is 3. The summed E-state index contributed by atoms with van der Waals surface area (Å²) in [6, 6.07) is 0.933. The summed E-state index contributed by atoms with van der Waals surface area (Å²) < 4.78 is 42.1. The van der Waals surface area contributed by atoms with Gasteiger partial charge in [-0.2, -0.15) is 0 Å². The van der Waals surface area contributed by atoms with Crippen LogP contribution in [-0.4, -0.2) is 51.7 Å². The van der Waals surface area contributed by atoms with E-state index >= 15 is 0 Å². The van der Waals surface area contributed by atoms with Gasteiger partial charge in [0.05, 0.1) is 19.4 Å². The van der Waals surface area contributed by atoms with Gasteiger partial charge in [-0.15, -0.1) is 4.72 Å². The summed E-state index contributed by atoms with van der Waals surface area (Å²) >= 11 is 2.29. The summed E-state index contributed by atoms with van der Waals surface area (Å²) in [5.41, 5.74) is 0. The van der Waals surface area contributed by atoms with Crippen molar-refractivity contribution < 1.29 is 23.2 Å². The molecular formula is C25H43BrN4O5SSi. The maximum absolute atomic E-state index is 13.0. The van der Waals surface area contributed by atoms with Crippen LogP contribution in [0.4, 0.5) is 0 Å². The second kappa shape index (κ2) is 13.6. The van der Waals surface area contributed by atoms with Crippen LogP contribution >= 0.6 is 15.9 Å². The molecule has 0 radical (unpaired) electrons. The van der Waals surface area contributed by atoms with Gasteiger partial charge in [0.15, 0.2) is 0 Å². The molecule has 210 valence electrons. The highest BCUT2D eigenvalue weighted by Crippen LogP contribution is 2.36. The number of unbranched alkanes of at least 4 members (excludes halogenated alkanes) is 2. The normalized spacial score (nSPS) is 17.8. The molecule has 0 amide bonds. The zero-order valence-electron chi connectivity index (χ0n) is 23.0. The van der Waals surface area contributed by atoms with Gasteiger partial charge in [0.1, 0.15) is 34.2 Å². The molecule has 0 aliphatic carbocycles. The highest BCUT2D eigenvalue weighted by molar-refractivity contribution is 9.10. The van der Waals surface area contributed by atoms with Crippen molar-refractivity contribution in [1.82, 2.24) is 19.3 Å². The summed E-state index contributed by atoms with van der Waals surface area (Å²) in [7, 11) is -1.17. The van der Waals surface area contributed by atoms with E-state index < -0.39 is 25.2 Å². The molecule has 37 heavy (non-hydrogen) atoms. The Morgan fingerprint density at radius 3 is 2.59 bits per heavy atom. The summed E-state index contributed by atoms with van der Waals surface area (Å²) in [4.78, 5) is 8.99. The van der Waals surface area contributed by atoms with Crippen LogP contribution in [0.15, 0.2) is 27.7 Å². The molecule has 9 nitrogen and oxygen atoms in total. The molecule has 1 N–H and O–H groups in total. The van der Waals surface area contributed by atoms with Gasteiger partial charge in [0.25, 0.3) is 5.89 Å². The van der Waals surface area contributed by atoms with Crippen LogP contribution in [0.1, 0.15) is 70.6 Å². The van der Waals surface area contributed by atoms with Crippen LogP contribution in [-0.2, 0) is 38.1 Å². The molecule has 2 aromatic rings. The Hall–Kier alpha value is -0.733. The maximum Gasteiger partial charge on any atom is 0.255 e. The summed E-state index contributed by atoms with van der Waals surface area (Å²) in [6.45, 7) is 15.2. The largest absolute Gasteiger partial charge is 0.598 e. The van der Waals surface area contributed by atoms with Crippen molar-refractivity contribution in [2.75, 3.05) is 19.8 Å². The second-order valence-electron chi connectivity index (χ2n) is 11.7. The van der Waals surface area contributed by atoms with Gasteiger partial charge in [0.2, 0.25) is 5.79 Å². The van der Waals surface area contributed by atoms with Gasteiger partial charge < -0.3 is 27.7 Å².